The number of carboxylic acid groups (broad SMARTS) is 1. The molecule has 0 aliphatic rings. The van der Waals surface area contributed by atoms with E-state index in [9.17, 15) is 4.79 Å². The smallest absolute Gasteiger partial charge is 0.328 e. The van der Waals surface area contributed by atoms with Gasteiger partial charge in [-0.05, 0) is 29.3 Å². The first-order valence-electron chi connectivity index (χ1n) is 8.53. The van der Waals surface area contributed by atoms with Crippen LogP contribution in [0.5, 0.6) is 0 Å². The van der Waals surface area contributed by atoms with Crippen molar-refractivity contribution in [1.29, 1.82) is 0 Å². The molecule has 2 N–H and O–H groups in total. The summed E-state index contributed by atoms with van der Waals surface area (Å²) < 4.78 is 1.73. The highest BCUT2D eigenvalue weighted by Crippen LogP contribution is 2.26. The molecule has 29 heavy (non-hydrogen) atoms. The number of imidazole rings is 1. The van der Waals surface area contributed by atoms with Crippen LogP contribution in [-0.4, -0.2) is 25.7 Å². The van der Waals surface area contributed by atoms with E-state index >= 15 is 0 Å². The van der Waals surface area contributed by atoms with Gasteiger partial charge in [0.05, 0.1) is 21.9 Å². The molecular formula is C20H14Cl2N4O2S. The Kier molecular flexibility index (Phi) is 5.53. The number of benzene rings is 2. The molecule has 146 valence electrons. The van der Waals surface area contributed by atoms with Crippen LogP contribution < -0.4 is 5.32 Å². The molecule has 0 aliphatic carbocycles. The van der Waals surface area contributed by atoms with Crippen LogP contribution in [0.15, 0.2) is 54.7 Å². The molecule has 0 saturated carbocycles. The summed E-state index contributed by atoms with van der Waals surface area (Å²) in [5.41, 5.74) is 3.54. The Morgan fingerprint density at radius 1 is 1.17 bits per heavy atom. The second-order valence-electron chi connectivity index (χ2n) is 6.16. The zero-order chi connectivity index (χ0) is 20.4. The van der Waals surface area contributed by atoms with Gasteiger partial charge in [-0.2, -0.15) is 0 Å². The van der Waals surface area contributed by atoms with Crippen molar-refractivity contribution in [2.75, 3.05) is 5.32 Å². The molecule has 0 unspecified atom stereocenters. The largest absolute Gasteiger partial charge is 0.478 e. The number of hydrogen-bond acceptors (Lipinski definition) is 5. The van der Waals surface area contributed by atoms with Crippen LogP contribution in [0.3, 0.4) is 0 Å². The van der Waals surface area contributed by atoms with Crippen LogP contribution in [0.2, 0.25) is 10.0 Å². The van der Waals surface area contributed by atoms with Crippen LogP contribution in [0.1, 0.15) is 11.1 Å². The predicted molar refractivity (Wildman–Crippen MR) is 117 cm³/mol. The summed E-state index contributed by atoms with van der Waals surface area (Å²) in [7, 11) is 0. The Balaban J connectivity index is 1.46. The molecule has 0 fully saturated rings. The number of anilines is 1. The van der Waals surface area contributed by atoms with Crippen LogP contribution >= 0.6 is 34.5 Å². The van der Waals surface area contributed by atoms with Gasteiger partial charge in [-0.15, -0.1) is 5.10 Å². The van der Waals surface area contributed by atoms with Crippen LogP contribution in [-0.2, 0) is 11.3 Å². The molecule has 2 heterocycles. The van der Waals surface area contributed by atoms with Gasteiger partial charge in [0.2, 0.25) is 10.1 Å². The van der Waals surface area contributed by atoms with E-state index in [4.69, 9.17) is 28.3 Å². The summed E-state index contributed by atoms with van der Waals surface area (Å²) in [6.45, 7) is 0.575. The predicted octanol–water partition coefficient (Wildman–Crippen LogP) is 5.47. The standard InChI is InChI=1S/C20H14Cl2N4O2S/c21-15-7-3-13(9-16(15)22)10-23-19-25-26-11-17(24-20(26)29-19)14-5-1-12(2-6-14)4-8-18(27)28/h1-9,11H,10H2,(H,23,25)(H,27,28)/b8-4+. The second-order valence-corrected chi connectivity index (χ2v) is 7.93. The molecule has 0 saturated heterocycles. The maximum absolute atomic E-state index is 10.6. The fourth-order valence-corrected chi connectivity index (χ4v) is 3.77. The molecule has 9 heteroatoms. The van der Waals surface area contributed by atoms with Crippen LogP contribution in [0.25, 0.3) is 22.3 Å². The summed E-state index contributed by atoms with van der Waals surface area (Å²) in [5.74, 6) is -0.974. The fourth-order valence-electron chi connectivity index (χ4n) is 2.67. The van der Waals surface area contributed by atoms with E-state index in [1.165, 1.54) is 11.3 Å². The van der Waals surface area contributed by atoms with Crippen molar-refractivity contribution in [2.45, 2.75) is 6.54 Å². The molecule has 0 atom stereocenters. The molecule has 4 aromatic rings. The third-order valence-corrected chi connectivity index (χ3v) is 5.72. The number of hydrogen-bond donors (Lipinski definition) is 2. The first-order valence-corrected chi connectivity index (χ1v) is 10.1. The fraction of sp³-hybridized carbons (Fsp3) is 0.0500. The number of carbonyl (C=O) groups is 1. The van der Waals surface area contributed by atoms with E-state index < -0.39 is 5.97 Å². The summed E-state index contributed by atoms with van der Waals surface area (Å²) >= 11 is 13.4. The maximum Gasteiger partial charge on any atom is 0.328 e. The number of nitrogens with one attached hydrogen (secondary N) is 1. The Hall–Kier alpha value is -2.87. The van der Waals surface area contributed by atoms with E-state index in [0.717, 1.165) is 38.6 Å². The molecule has 2 aromatic carbocycles. The van der Waals surface area contributed by atoms with E-state index in [1.54, 1.807) is 16.7 Å². The zero-order valence-corrected chi connectivity index (χ0v) is 17.2. The highest BCUT2D eigenvalue weighted by Gasteiger charge is 2.10. The number of aromatic nitrogens is 3. The van der Waals surface area contributed by atoms with Crippen molar-refractivity contribution in [3.63, 3.8) is 0 Å². The molecule has 0 amide bonds. The first kappa shape index (κ1) is 19.4. The van der Waals surface area contributed by atoms with E-state index in [1.807, 2.05) is 42.6 Å². The molecular weight excluding hydrogens is 431 g/mol. The number of rotatable bonds is 6. The highest BCUT2D eigenvalue weighted by atomic mass is 35.5. The van der Waals surface area contributed by atoms with Gasteiger partial charge in [-0.1, -0.05) is 64.9 Å². The third kappa shape index (κ3) is 4.59. The Morgan fingerprint density at radius 3 is 2.66 bits per heavy atom. The van der Waals surface area contributed by atoms with Crippen molar-refractivity contribution in [3.8, 4) is 11.3 Å². The topological polar surface area (TPSA) is 79.5 Å². The lowest BCUT2D eigenvalue weighted by atomic mass is 10.1. The van der Waals surface area contributed by atoms with Crippen molar-refractivity contribution in [3.05, 3.63) is 75.9 Å². The SMILES string of the molecule is O=C(O)/C=C/c1ccc(-c2cn3nc(NCc4ccc(Cl)c(Cl)c4)sc3n2)cc1. The molecule has 0 bridgehead atoms. The van der Waals surface area contributed by atoms with Gasteiger partial charge >= 0.3 is 5.97 Å². The summed E-state index contributed by atoms with van der Waals surface area (Å²) in [6, 6.07) is 13.0. The summed E-state index contributed by atoms with van der Waals surface area (Å²) in [6.07, 6.45) is 4.52. The molecule has 0 spiro atoms. The minimum absolute atomic E-state index is 0.522. The van der Waals surface area contributed by atoms with Crippen molar-refractivity contribution >= 4 is 56.7 Å². The number of carboxylic acids is 1. The van der Waals surface area contributed by atoms with Gasteiger partial charge in [0.25, 0.3) is 0 Å². The summed E-state index contributed by atoms with van der Waals surface area (Å²) in [5, 5.41) is 18.3. The lowest BCUT2D eigenvalue weighted by Crippen LogP contribution is -1.99. The molecule has 0 aliphatic heterocycles. The number of nitrogens with zero attached hydrogens (tertiary/aromatic N) is 3. The number of aliphatic carboxylic acids is 1. The monoisotopic (exact) mass is 444 g/mol. The van der Waals surface area contributed by atoms with Crippen molar-refractivity contribution in [2.24, 2.45) is 0 Å². The Morgan fingerprint density at radius 2 is 1.97 bits per heavy atom. The third-order valence-electron chi connectivity index (χ3n) is 4.10. The second kappa shape index (κ2) is 8.24. The van der Waals surface area contributed by atoms with E-state index in [-0.39, 0.29) is 0 Å². The minimum atomic E-state index is -0.974. The van der Waals surface area contributed by atoms with E-state index in [2.05, 4.69) is 15.4 Å². The Bertz CT molecular complexity index is 1180. The number of halogens is 2. The summed E-state index contributed by atoms with van der Waals surface area (Å²) in [4.78, 5) is 16.0. The maximum atomic E-state index is 10.6. The minimum Gasteiger partial charge on any atom is -0.478 e. The van der Waals surface area contributed by atoms with Gasteiger partial charge in [-0.25, -0.2) is 14.3 Å². The normalized spacial score (nSPS) is 11.4. The molecule has 4 rings (SSSR count). The zero-order valence-electron chi connectivity index (χ0n) is 14.8. The van der Waals surface area contributed by atoms with Crippen LogP contribution in [0.4, 0.5) is 5.13 Å². The van der Waals surface area contributed by atoms with Gasteiger partial charge < -0.3 is 10.4 Å². The molecule has 2 aromatic heterocycles. The lowest BCUT2D eigenvalue weighted by Gasteiger charge is -2.04. The van der Waals surface area contributed by atoms with Crippen LogP contribution in [0, 0.1) is 0 Å². The van der Waals surface area contributed by atoms with Gasteiger partial charge in [0.1, 0.15) is 0 Å². The van der Waals surface area contributed by atoms with Crippen molar-refractivity contribution < 1.29 is 9.90 Å². The molecule has 0 radical (unpaired) electrons. The van der Waals surface area contributed by atoms with E-state index in [0.29, 0.717) is 16.6 Å². The van der Waals surface area contributed by atoms with Gasteiger partial charge in [-0.3, -0.25) is 0 Å². The van der Waals surface area contributed by atoms with Gasteiger partial charge in [0, 0.05) is 18.2 Å². The average molecular weight is 445 g/mol. The average Bonchev–Trinajstić information content (AvgIpc) is 3.26. The quantitative estimate of drug-likeness (QED) is 0.385. The number of fused-ring (bicyclic) bond motifs is 1. The molecule has 6 nitrogen and oxygen atoms in total. The van der Waals surface area contributed by atoms with Gasteiger partial charge in [0.15, 0.2) is 0 Å². The first-order chi connectivity index (χ1) is 14.0. The highest BCUT2D eigenvalue weighted by molar-refractivity contribution is 7.20. The lowest BCUT2D eigenvalue weighted by molar-refractivity contribution is -0.131. The van der Waals surface area contributed by atoms with Crippen molar-refractivity contribution in [1.82, 2.24) is 14.6 Å². The Labute approximate surface area is 180 Å².